The second kappa shape index (κ2) is 11.0. The molecule has 0 unspecified atom stereocenters. The van der Waals surface area contributed by atoms with Crippen LogP contribution in [0.5, 0.6) is 0 Å². The predicted molar refractivity (Wildman–Crippen MR) is 183 cm³/mol. The normalized spacial score (nSPS) is 14.5. The molecule has 1 amide bonds. The van der Waals surface area contributed by atoms with Gasteiger partial charge in [0.15, 0.2) is 0 Å². The van der Waals surface area contributed by atoms with E-state index in [9.17, 15) is 4.79 Å². The van der Waals surface area contributed by atoms with E-state index in [1.807, 2.05) is 48.6 Å². The van der Waals surface area contributed by atoms with Crippen LogP contribution in [0.1, 0.15) is 21.5 Å². The molecule has 3 aliphatic rings. The number of allylic oxidation sites excluding steroid dienone is 4. The largest absolute Gasteiger partial charge is 0.344 e. The number of hydrogen-bond acceptors (Lipinski definition) is 4. The van der Waals surface area contributed by atoms with E-state index in [2.05, 4.69) is 108 Å². The van der Waals surface area contributed by atoms with Crippen molar-refractivity contribution in [2.24, 2.45) is 4.99 Å². The number of carbonyl (C=O) groups excluding carboxylic acids is 1. The van der Waals surface area contributed by atoms with Crippen molar-refractivity contribution in [1.82, 2.24) is 0 Å². The fraction of sp³-hybridized carbons (Fsp3) is 0.0256. The van der Waals surface area contributed by atoms with Crippen molar-refractivity contribution in [3.63, 3.8) is 0 Å². The van der Waals surface area contributed by atoms with E-state index in [1.165, 1.54) is 48.0 Å². The lowest BCUT2D eigenvalue weighted by Gasteiger charge is -2.31. The molecule has 0 fully saturated rings. The van der Waals surface area contributed by atoms with Crippen LogP contribution in [0.4, 0.5) is 11.4 Å². The highest BCUT2D eigenvalue weighted by Crippen LogP contribution is 2.48. The Labute approximate surface area is 264 Å². The number of rotatable bonds is 1. The Morgan fingerprint density at radius 1 is 0.591 bits per heavy atom. The molecule has 3 nitrogen and oxygen atoms in total. The summed E-state index contributed by atoms with van der Waals surface area (Å²) in [6.07, 6.45) is 7.90. The first-order valence-corrected chi connectivity index (χ1v) is 16.1. The molecule has 44 heavy (non-hydrogen) atoms. The van der Waals surface area contributed by atoms with Gasteiger partial charge >= 0.3 is 0 Å². The van der Waals surface area contributed by atoms with Gasteiger partial charge in [0.25, 0.3) is 5.91 Å². The molecular formula is C39H26N2OS2. The summed E-state index contributed by atoms with van der Waals surface area (Å²) < 4.78 is 0. The van der Waals surface area contributed by atoms with E-state index in [-0.39, 0.29) is 5.91 Å². The maximum absolute atomic E-state index is 13.1. The zero-order chi connectivity index (χ0) is 29.6. The van der Waals surface area contributed by atoms with Crippen molar-refractivity contribution in [2.45, 2.75) is 19.6 Å². The molecule has 5 aromatic rings. The lowest BCUT2D eigenvalue weighted by Crippen LogP contribution is -2.22. The van der Waals surface area contributed by atoms with Gasteiger partial charge in [-0.1, -0.05) is 108 Å². The van der Waals surface area contributed by atoms with E-state index in [0.29, 0.717) is 11.3 Å². The highest BCUT2D eigenvalue weighted by atomic mass is 32.2. The van der Waals surface area contributed by atoms with Crippen molar-refractivity contribution >= 4 is 57.7 Å². The Hall–Kier alpha value is -4.84. The minimum absolute atomic E-state index is 0.231. The highest BCUT2D eigenvalue weighted by Gasteiger charge is 2.24. The molecule has 0 atom stereocenters. The molecule has 5 aromatic carbocycles. The molecule has 0 N–H and O–H groups in total. The van der Waals surface area contributed by atoms with Gasteiger partial charge in [-0.05, 0) is 70.6 Å². The molecule has 0 radical (unpaired) electrons. The number of amides is 1. The maximum atomic E-state index is 13.1. The summed E-state index contributed by atoms with van der Waals surface area (Å²) in [4.78, 5) is 24.5. The van der Waals surface area contributed by atoms with E-state index < -0.39 is 0 Å². The summed E-state index contributed by atoms with van der Waals surface area (Å²) in [5.74, 6) is -0.231. The second-order valence-corrected chi connectivity index (χ2v) is 13.0. The van der Waals surface area contributed by atoms with Crippen molar-refractivity contribution in [2.75, 3.05) is 11.9 Å². The Balaban J connectivity index is 1.07. The monoisotopic (exact) mass is 602 g/mol. The van der Waals surface area contributed by atoms with Crippen LogP contribution in [0.3, 0.4) is 0 Å². The topological polar surface area (TPSA) is 32.7 Å². The van der Waals surface area contributed by atoms with Crippen molar-refractivity contribution in [3.8, 4) is 0 Å². The number of carbonyl (C=O) groups is 1. The van der Waals surface area contributed by atoms with Crippen LogP contribution in [0.25, 0.3) is 11.1 Å². The molecule has 0 spiro atoms. The first-order valence-electron chi connectivity index (χ1n) is 14.5. The van der Waals surface area contributed by atoms with Gasteiger partial charge in [0.1, 0.15) is 0 Å². The Morgan fingerprint density at radius 2 is 1.14 bits per heavy atom. The number of anilines is 2. The SMILES string of the molecule is CN1c2ccccc2C(=c2ccc(=C3C=CC(=NC(=O)c4ccc5c(c4)Sc4ccccc4S5)C=C3)cc2)c2ccccc21. The Morgan fingerprint density at radius 3 is 1.80 bits per heavy atom. The Kier molecular flexibility index (Phi) is 6.70. The fourth-order valence-corrected chi connectivity index (χ4v) is 8.20. The molecule has 5 heteroatoms. The summed E-state index contributed by atoms with van der Waals surface area (Å²) in [6.45, 7) is 0. The highest BCUT2D eigenvalue weighted by molar-refractivity contribution is 8.05. The van der Waals surface area contributed by atoms with Crippen molar-refractivity contribution < 1.29 is 4.79 Å². The van der Waals surface area contributed by atoms with E-state index in [0.717, 1.165) is 15.7 Å². The predicted octanol–water partition coefficient (Wildman–Crippen LogP) is 8.19. The molecule has 0 saturated heterocycles. The van der Waals surface area contributed by atoms with Gasteiger partial charge in [-0.15, -0.1) is 0 Å². The van der Waals surface area contributed by atoms with Gasteiger partial charge in [0.05, 0.1) is 5.71 Å². The molecule has 0 aromatic heterocycles. The van der Waals surface area contributed by atoms with Crippen LogP contribution >= 0.6 is 23.5 Å². The van der Waals surface area contributed by atoms with Gasteiger partial charge in [-0.25, -0.2) is 4.99 Å². The summed E-state index contributed by atoms with van der Waals surface area (Å²) in [5.41, 5.74) is 8.46. The molecular weight excluding hydrogens is 577 g/mol. The van der Waals surface area contributed by atoms with E-state index >= 15 is 0 Å². The smallest absolute Gasteiger partial charge is 0.277 e. The Bertz CT molecular complexity index is 2140. The standard InChI is InChI=1S/C39H26N2OS2/c1-41-32-10-4-2-8-30(32)38(31-9-3-5-11-33(31)41)27-16-14-25(15-17-27)26-18-21-29(22-19-26)40-39(42)28-20-23-36-37(24-28)44-35-13-7-6-12-34(35)43-36/h2-24H,1H3. The van der Waals surface area contributed by atoms with Gasteiger partial charge in [0.2, 0.25) is 0 Å². The van der Waals surface area contributed by atoms with Crippen molar-refractivity contribution in [3.05, 3.63) is 167 Å². The number of aliphatic imine (C=N–C) groups is 1. The third kappa shape index (κ3) is 4.75. The quantitative estimate of drug-likeness (QED) is 0.190. The van der Waals surface area contributed by atoms with Crippen LogP contribution in [0, 0.1) is 0 Å². The molecule has 8 rings (SSSR count). The van der Waals surface area contributed by atoms with Gasteiger partial charge in [0, 0.05) is 60.3 Å². The minimum Gasteiger partial charge on any atom is -0.344 e. The average Bonchev–Trinajstić information content (AvgIpc) is 3.08. The summed E-state index contributed by atoms with van der Waals surface area (Å²) in [6, 6.07) is 40.1. The van der Waals surface area contributed by atoms with Crippen LogP contribution < -0.4 is 15.3 Å². The van der Waals surface area contributed by atoms with E-state index in [4.69, 9.17) is 0 Å². The summed E-state index contributed by atoms with van der Waals surface area (Å²) >= 11 is 3.45. The van der Waals surface area contributed by atoms with Gasteiger partial charge in [-0.2, -0.15) is 0 Å². The number of benzene rings is 5. The molecule has 1 aliphatic carbocycles. The number of fused-ring (bicyclic) bond motifs is 4. The van der Waals surface area contributed by atoms with Crippen molar-refractivity contribution in [1.29, 1.82) is 0 Å². The zero-order valence-corrected chi connectivity index (χ0v) is 25.5. The van der Waals surface area contributed by atoms with E-state index in [1.54, 1.807) is 23.5 Å². The number of hydrogen-bond donors (Lipinski definition) is 0. The summed E-state index contributed by atoms with van der Waals surface area (Å²) in [7, 11) is 2.13. The van der Waals surface area contributed by atoms with Crippen LogP contribution in [-0.4, -0.2) is 18.7 Å². The number of nitrogens with zero attached hydrogens (tertiary/aromatic N) is 2. The number of para-hydroxylation sites is 2. The lowest BCUT2D eigenvalue weighted by molar-refractivity contribution is 0.100. The minimum atomic E-state index is -0.231. The first-order chi connectivity index (χ1) is 21.6. The molecule has 210 valence electrons. The lowest BCUT2D eigenvalue weighted by atomic mass is 9.89. The average molecular weight is 603 g/mol. The summed E-state index contributed by atoms with van der Waals surface area (Å²) in [5, 5.41) is 2.30. The molecule has 2 heterocycles. The van der Waals surface area contributed by atoms with Crippen LogP contribution in [0.2, 0.25) is 0 Å². The first kappa shape index (κ1) is 26.8. The molecule has 0 saturated carbocycles. The van der Waals surface area contributed by atoms with Gasteiger partial charge in [-0.3, -0.25) is 4.79 Å². The zero-order valence-electron chi connectivity index (χ0n) is 23.9. The third-order valence-corrected chi connectivity index (χ3v) is 10.7. The van der Waals surface area contributed by atoms with Gasteiger partial charge < -0.3 is 4.90 Å². The molecule has 0 bridgehead atoms. The molecule has 2 aliphatic heterocycles. The maximum Gasteiger partial charge on any atom is 0.277 e. The fourth-order valence-electron chi connectivity index (χ4n) is 5.94. The third-order valence-electron chi connectivity index (χ3n) is 8.15. The van der Waals surface area contributed by atoms with Crippen LogP contribution in [0.15, 0.2) is 164 Å². The second-order valence-electron chi connectivity index (χ2n) is 10.8. The van der Waals surface area contributed by atoms with Crippen LogP contribution in [-0.2, 0) is 0 Å².